The number of nitrogens with zero attached hydrogens (tertiary/aromatic N) is 3. The molecule has 1 amide bonds. The highest BCUT2D eigenvalue weighted by Gasteiger charge is 2.11. The van der Waals surface area contributed by atoms with E-state index in [1.807, 2.05) is 11.8 Å². The fraction of sp³-hybridized carbons (Fsp3) is 0.545. The van der Waals surface area contributed by atoms with E-state index in [4.69, 9.17) is 5.84 Å². The van der Waals surface area contributed by atoms with Crippen LogP contribution in [0.15, 0.2) is 12.4 Å². The van der Waals surface area contributed by atoms with Crippen molar-refractivity contribution in [2.45, 2.75) is 0 Å². The zero-order valence-electron chi connectivity index (χ0n) is 10.6. The number of hydrazine groups is 1. The standard InChI is InChI=1S/C11H18N6OS/c12-16-10-8-13-7-9(15-10)11(18)14-1-2-17-3-5-19-6-4-17/h7-8H,1-6,12H2,(H,14,18)(H,15,16). The summed E-state index contributed by atoms with van der Waals surface area (Å²) in [6.07, 6.45) is 2.88. The van der Waals surface area contributed by atoms with Gasteiger partial charge in [0.2, 0.25) is 0 Å². The van der Waals surface area contributed by atoms with E-state index < -0.39 is 0 Å². The number of nitrogens with one attached hydrogen (secondary N) is 2. The van der Waals surface area contributed by atoms with Crippen molar-refractivity contribution in [3.8, 4) is 0 Å². The molecule has 0 atom stereocenters. The number of nitrogens with two attached hydrogens (primary N) is 1. The van der Waals surface area contributed by atoms with Crippen LogP contribution >= 0.6 is 11.8 Å². The quantitative estimate of drug-likeness (QED) is 0.497. The van der Waals surface area contributed by atoms with Crippen LogP contribution in [-0.4, -0.2) is 58.5 Å². The largest absolute Gasteiger partial charge is 0.349 e. The molecule has 1 saturated heterocycles. The lowest BCUT2D eigenvalue weighted by Gasteiger charge is -2.25. The van der Waals surface area contributed by atoms with Crippen molar-refractivity contribution >= 4 is 23.5 Å². The summed E-state index contributed by atoms with van der Waals surface area (Å²) >= 11 is 1.97. The number of carbonyl (C=O) groups excluding carboxylic acids is 1. The van der Waals surface area contributed by atoms with Crippen molar-refractivity contribution in [1.29, 1.82) is 0 Å². The van der Waals surface area contributed by atoms with Gasteiger partial charge in [0.05, 0.1) is 12.4 Å². The molecule has 0 saturated carbocycles. The number of nitrogen functional groups attached to an aromatic ring is 1. The van der Waals surface area contributed by atoms with E-state index in [-0.39, 0.29) is 11.6 Å². The second kappa shape index (κ2) is 7.27. The summed E-state index contributed by atoms with van der Waals surface area (Å²) < 4.78 is 0. The minimum absolute atomic E-state index is 0.226. The van der Waals surface area contributed by atoms with Crippen LogP contribution in [0.3, 0.4) is 0 Å². The molecule has 4 N–H and O–H groups in total. The monoisotopic (exact) mass is 282 g/mol. The topological polar surface area (TPSA) is 96.2 Å². The molecule has 8 heteroatoms. The van der Waals surface area contributed by atoms with Crippen LogP contribution in [0.2, 0.25) is 0 Å². The van der Waals surface area contributed by atoms with E-state index in [1.165, 1.54) is 23.9 Å². The number of carbonyl (C=O) groups is 1. The van der Waals surface area contributed by atoms with Crippen molar-refractivity contribution in [3.63, 3.8) is 0 Å². The molecule has 0 bridgehead atoms. The maximum Gasteiger partial charge on any atom is 0.271 e. The summed E-state index contributed by atoms with van der Waals surface area (Å²) in [6, 6.07) is 0. The number of anilines is 1. The van der Waals surface area contributed by atoms with Crippen LogP contribution in [0.4, 0.5) is 5.82 Å². The smallest absolute Gasteiger partial charge is 0.271 e. The molecule has 1 aromatic rings. The summed E-state index contributed by atoms with van der Waals surface area (Å²) in [5.41, 5.74) is 2.63. The third-order valence-corrected chi connectivity index (χ3v) is 3.77. The minimum Gasteiger partial charge on any atom is -0.349 e. The highest BCUT2D eigenvalue weighted by Crippen LogP contribution is 2.08. The van der Waals surface area contributed by atoms with E-state index in [9.17, 15) is 4.79 Å². The molecule has 0 radical (unpaired) electrons. The van der Waals surface area contributed by atoms with E-state index in [0.717, 1.165) is 19.6 Å². The summed E-state index contributed by atoms with van der Waals surface area (Å²) in [5.74, 6) is 7.71. The number of aromatic nitrogens is 2. The lowest BCUT2D eigenvalue weighted by Crippen LogP contribution is -2.39. The van der Waals surface area contributed by atoms with Crippen molar-refractivity contribution < 1.29 is 4.79 Å². The molecular formula is C11H18N6OS. The Kier molecular flexibility index (Phi) is 5.37. The SMILES string of the molecule is NNc1cncc(C(=O)NCCN2CCSCC2)n1. The number of hydrogen-bond donors (Lipinski definition) is 3. The number of rotatable bonds is 5. The first-order chi connectivity index (χ1) is 9.29. The van der Waals surface area contributed by atoms with E-state index in [2.05, 4.69) is 25.6 Å². The van der Waals surface area contributed by atoms with Gasteiger partial charge in [-0.1, -0.05) is 0 Å². The molecule has 1 aliphatic heterocycles. The Morgan fingerprint density at radius 1 is 1.42 bits per heavy atom. The molecule has 2 heterocycles. The van der Waals surface area contributed by atoms with Gasteiger partial charge in [-0.05, 0) is 0 Å². The van der Waals surface area contributed by atoms with Gasteiger partial charge in [-0.3, -0.25) is 14.7 Å². The van der Waals surface area contributed by atoms with Crippen LogP contribution in [0.25, 0.3) is 0 Å². The average Bonchev–Trinajstić information content (AvgIpc) is 2.48. The normalized spacial score (nSPS) is 16.1. The minimum atomic E-state index is -0.226. The zero-order chi connectivity index (χ0) is 13.5. The fourth-order valence-corrected chi connectivity index (χ4v) is 2.77. The Balaban J connectivity index is 1.77. The van der Waals surface area contributed by atoms with Crippen LogP contribution in [-0.2, 0) is 0 Å². The van der Waals surface area contributed by atoms with Crippen LogP contribution < -0.4 is 16.6 Å². The molecule has 104 valence electrons. The van der Waals surface area contributed by atoms with E-state index in [1.54, 1.807) is 0 Å². The maximum atomic E-state index is 11.8. The molecule has 7 nitrogen and oxygen atoms in total. The summed E-state index contributed by atoms with van der Waals surface area (Å²) in [5, 5.41) is 2.84. The highest BCUT2D eigenvalue weighted by atomic mass is 32.2. The van der Waals surface area contributed by atoms with Gasteiger partial charge in [-0.25, -0.2) is 10.8 Å². The third-order valence-electron chi connectivity index (χ3n) is 2.83. The maximum absolute atomic E-state index is 11.8. The average molecular weight is 282 g/mol. The van der Waals surface area contributed by atoms with Gasteiger partial charge in [0, 0.05) is 37.7 Å². The molecular weight excluding hydrogens is 264 g/mol. The van der Waals surface area contributed by atoms with Crippen LogP contribution in [0, 0.1) is 0 Å². The third kappa shape index (κ3) is 4.34. The molecule has 2 rings (SSSR count). The fourth-order valence-electron chi connectivity index (χ4n) is 1.79. The Hall–Kier alpha value is -1.38. The highest BCUT2D eigenvalue weighted by molar-refractivity contribution is 7.99. The van der Waals surface area contributed by atoms with Gasteiger partial charge in [0.25, 0.3) is 5.91 Å². The second-order valence-electron chi connectivity index (χ2n) is 4.14. The molecule has 19 heavy (non-hydrogen) atoms. The van der Waals surface area contributed by atoms with Crippen molar-refractivity contribution in [3.05, 3.63) is 18.1 Å². The van der Waals surface area contributed by atoms with E-state index in [0.29, 0.717) is 12.4 Å². The van der Waals surface area contributed by atoms with E-state index >= 15 is 0 Å². The van der Waals surface area contributed by atoms with Crippen molar-refractivity contribution in [1.82, 2.24) is 20.2 Å². The number of thioether (sulfide) groups is 1. The van der Waals surface area contributed by atoms with Gasteiger partial charge in [0.1, 0.15) is 5.69 Å². The predicted octanol–water partition coefficient (Wildman–Crippen LogP) is -0.459. The van der Waals surface area contributed by atoms with Crippen LogP contribution in [0.1, 0.15) is 10.5 Å². The first-order valence-electron chi connectivity index (χ1n) is 6.16. The Labute approximate surface area is 116 Å². The number of amides is 1. The van der Waals surface area contributed by atoms with Gasteiger partial charge in [-0.2, -0.15) is 11.8 Å². The lowest BCUT2D eigenvalue weighted by molar-refractivity contribution is 0.0943. The second-order valence-corrected chi connectivity index (χ2v) is 5.37. The molecule has 0 aliphatic carbocycles. The Bertz CT molecular complexity index is 423. The Morgan fingerprint density at radius 3 is 2.95 bits per heavy atom. The van der Waals surface area contributed by atoms with Gasteiger partial charge in [0.15, 0.2) is 5.82 Å². The predicted molar refractivity (Wildman–Crippen MR) is 75.9 cm³/mol. The molecule has 0 spiro atoms. The molecule has 0 aromatic carbocycles. The molecule has 1 fully saturated rings. The van der Waals surface area contributed by atoms with Gasteiger partial charge < -0.3 is 10.7 Å². The number of hydrogen-bond acceptors (Lipinski definition) is 7. The summed E-state index contributed by atoms with van der Waals surface area (Å²) in [4.78, 5) is 22.1. The molecule has 0 unspecified atom stereocenters. The first-order valence-corrected chi connectivity index (χ1v) is 7.32. The zero-order valence-corrected chi connectivity index (χ0v) is 11.4. The molecule has 1 aromatic heterocycles. The summed E-state index contributed by atoms with van der Waals surface area (Å²) in [6.45, 7) is 3.67. The van der Waals surface area contributed by atoms with Crippen LogP contribution in [0.5, 0.6) is 0 Å². The van der Waals surface area contributed by atoms with Crippen molar-refractivity contribution in [2.75, 3.05) is 43.1 Å². The van der Waals surface area contributed by atoms with Crippen molar-refractivity contribution in [2.24, 2.45) is 5.84 Å². The van der Waals surface area contributed by atoms with Gasteiger partial charge in [-0.15, -0.1) is 0 Å². The summed E-state index contributed by atoms with van der Waals surface area (Å²) in [7, 11) is 0. The van der Waals surface area contributed by atoms with Gasteiger partial charge >= 0.3 is 0 Å². The Morgan fingerprint density at radius 2 is 2.21 bits per heavy atom. The lowest BCUT2D eigenvalue weighted by atomic mass is 10.4. The molecule has 1 aliphatic rings. The first kappa shape index (κ1) is 14.0.